The van der Waals surface area contributed by atoms with Gasteiger partial charge in [0.15, 0.2) is 0 Å². The molecule has 0 aliphatic heterocycles. The Morgan fingerprint density at radius 1 is 1.44 bits per heavy atom. The van der Waals surface area contributed by atoms with Gasteiger partial charge < -0.3 is 9.84 Å². The Bertz CT molecular complexity index is 427. The first-order valence-electron chi connectivity index (χ1n) is 5.74. The number of aromatic hydroxyl groups is 1. The van der Waals surface area contributed by atoms with Crippen molar-refractivity contribution >= 4 is 24.4 Å². The Kier molecular flexibility index (Phi) is 4.90. The van der Waals surface area contributed by atoms with Gasteiger partial charge in [-0.2, -0.15) is 12.6 Å². The summed E-state index contributed by atoms with van der Waals surface area (Å²) < 4.78 is 5.12. The highest BCUT2D eigenvalue weighted by atomic mass is 32.1. The number of benzene rings is 1. The van der Waals surface area contributed by atoms with Crippen molar-refractivity contribution in [1.82, 2.24) is 0 Å². The quantitative estimate of drug-likeness (QED) is 0.738. The molecule has 0 heterocycles. The van der Waals surface area contributed by atoms with E-state index in [0.29, 0.717) is 17.9 Å². The second-order valence-corrected chi connectivity index (χ2v) is 5.39. The molecule has 0 bridgehead atoms. The number of amides is 1. The van der Waals surface area contributed by atoms with Gasteiger partial charge >= 0.3 is 6.09 Å². The van der Waals surface area contributed by atoms with E-state index in [1.165, 1.54) is 6.07 Å². The monoisotopic (exact) mass is 269 g/mol. The second kappa shape index (κ2) is 6.00. The molecule has 1 aromatic rings. The van der Waals surface area contributed by atoms with Gasteiger partial charge in [-0.25, -0.2) is 4.79 Å². The highest BCUT2D eigenvalue weighted by Crippen LogP contribution is 2.23. The number of anilines is 1. The molecule has 4 nitrogen and oxygen atoms in total. The van der Waals surface area contributed by atoms with E-state index in [2.05, 4.69) is 17.9 Å². The summed E-state index contributed by atoms with van der Waals surface area (Å²) in [7, 11) is 0. The van der Waals surface area contributed by atoms with Crippen molar-refractivity contribution in [3.05, 3.63) is 23.8 Å². The van der Waals surface area contributed by atoms with Crippen LogP contribution in [0.2, 0.25) is 0 Å². The molecule has 0 saturated heterocycles. The predicted molar refractivity (Wildman–Crippen MR) is 75.5 cm³/mol. The van der Waals surface area contributed by atoms with Crippen LogP contribution in [-0.2, 0) is 11.2 Å². The van der Waals surface area contributed by atoms with Crippen LogP contribution >= 0.6 is 12.6 Å². The topological polar surface area (TPSA) is 58.6 Å². The van der Waals surface area contributed by atoms with Crippen LogP contribution in [0, 0.1) is 0 Å². The molecule has 18 heavy (non-hydrogen) atoms. The molecule has 0 aromatic heterocycles. The van der Waals surface area contributed by atoms with Crippen molar-refractivity contribution in [3.8, 4) is 5.75 Å². The Morgan fingerprint density at radius 2 is 2.11 bits per heavy atom. The SMILES string of the molecule is CC(C)(C)OC(=O)Nc1ccc(CCS)c(O)c1. The first-order valence-corrected chi connectivity index (χ1v) is 6.38. The minimum Gasteiger partial charge on any atom is -0.508 e. The summed E-state index contributed by atoms with van der Waals surface area (Å²) in [4.78, 5) is 11.5. The molecule has 2 N–H and O–H groups in total. The van der Waals surface area contributed by atoms with E-state index in [-0.39, 0.29) is 5.75 Å². The summed E-state index contributed by atoms with van der Waals surface area (Å²) in [6.07, 6.45) is 0.144. The number of aryl methyl sites for hydroxylation is 1. The van der Waals surface area contributed by atoms with Gasteiger partial charge in [0.2, 0.25) is 0 Å². The van der Waals surface area contributed by atoms with Gasteiger partial charge in [0.25, 0.3) is 0 Å². The average Bonchev–Trinajstić information content (AvgIpc) is 2.19. The van der Waals surface area contributed by atoms with Crippen molar-refractivity contribution in [2.75, 3.05) is 11.1 Å². The van der Waals surface area contributed by atoms with Crippen LogP contribution in [0.1, 0.15) is 26.3 Å². The van der Waals surface area contributed by atoms with Crippen LogP contribution in [0.4, 0.5) is 10.5 Å². The Hall–Kier alpha value is -1.36. The summed E-state index contributed by atoms with van der Waals surface area (Å²) in [6.45, 7) is 5.37. The summed E-state index contributed by atoms with van der Waals surface area (Å²) in [5.74, 6) is 0.810. The number of nitrogens with one attached hydrogen (secondary N) is 1. The maximum absolute atomic E-state index is 11.5. The van der Waals surface area contributed by atoms with Gasteiger partial charge in [-0.15, -0.1) is 0 Å². The third-order valence-electron chi connectivity index (χ3n) is 2.11. The van der Waals surface area contributed by atoms with Crippen molar-refractivity contribution < 1.29 is 14.6 Å². The Balaban J connectivity index is 2.69. The molecule has 1 aromatic carbocycles. The third kappa shape index (κ3) is 4.87. The molecule has 0 saturated carbocycles. The van der Waals surface area contributed by atoms with E-state index in [4.69, 9.17) is 4.74 Å². The zero-order chi connectivity index (χ0) is 13.8. The lowest BCUT2D eigenvalue weighted by Gasteiger charge is -2.19. The van der Waals surface area contributed by atoms with Crippen LogP contribution in [0.25, 0.3) is 0 Å². The van der Waals surface area contributed by atoms with Gasteiger partial charge in [0, 0.05) is 11.8 Å². The summed E-state index contributed by atoms with van der Waals surface area (Å²) >= 11 is 4.11. The van der Waals surface area contributed by atoms with Gasteiger partial charge in [-0.1, -0.05) is 6.07 Å². The van der Waals surface area contributed by atoms with E-state index in [0.717, 1.165) is 5.56 Å². The molecular formula is C13H19NO3S. The number of thiol groups is 1. The molecular weight excluding hydrogens is 250 g/mol. The number of rotatable bonds is 3. The van der Waals surface area contributed by atoms with Crippen molar-refractivity contribution in [2.24, 2.45) is 0 Å². The normalized spacial score (nSPS) is 11.1. The lowest BCUT2D eigenvalue weighted by Crippen LogP contribution is -2.27. The highest BCUT2D eigenvalue weighted by Gasteiger charge is 2.16. The first-order chi connectivity index (χ1) is 8.31. The third-order valence-corrected chi connectivity index (χ3v) is 2.34. The molecule has 1 amide bonds. The van der Waals surface area contributed by atoms with E-state index in [1.54, 1.807) is 32.9 Å². The van der Waals surface area contributed by atoms with Crippen LogP contribution < -0.4 is 5.32 Å². The molecule has 100 valence electrons. The van der Waals surface area contributed by atoms with Crippen LogP contribution in [0.15, 0.2) is 18.2 Å². The number of carbonyl (C=O) groups excluding carboxylic acids is 1. The first kappa shape index (κ1) is 14.7. The zero-order valence-electron chi connectivity index (χ0n) is 10.9. The van der Waals surface area contributed by atoms with E-state index >= 15 is 0 Å². The van der Waals surface area contributed by atoms with Crippen LogP contribution in [-0.4, -0.2) is 22.6 Å². The Morgan fingerprint density at radius 3 is 2.61 bits per heavy atom. The van der Waals surface area contributed by atoms with E-state index in [9.17, 15) is 9.90 Å². The van der Waals surface area contributed by atoms with Crippen LogP contribution in [0.5, 0.6) is 5.75 Å². The number of ether oxygens (including phenoxy) is 1. The highest BCUT2D eigenvalue weighted by molar-refractivity contribution is 7.80. The maximum atomic E-state index is 11.5. The van der Waals surface area contributed by atoms with Crippen LogP contribution in [0.3, 0.4) is 0 Å². The summed E-state index contributed by atoms with van der Waals surface area (Å²) in [5.41, 5.74) is 0.766. The number of carbonyl (C=O) groups is 1. The standard InChI is InChI=1S/C13H19NO3S/c1-13(2,3)17-12(16)14-10-5-4-9(6-7-18)11(15)8-10/h4-5,8,15,18H,6-7H2,1-3H3,(H,14,16). The minimum absolute atomic E-state index is 0.151. The zero-order valence-corrected chi connectivity index (χ0v) is 11.8. The molecule has 0 aliphatic carbocycles. The fraction of sp³-hybridized carbons (Fsp3) is 0.462. The molecule has 0 unspecified atom stereocenters. The lowest BCUT2D eigenvalue weighted by molar-refractivity contribution is 0.0636. The van der Waals surface area contributed by atoms with Gasteiger partial charge in [-0.05, 0) is 44.6 Å². The van der Waals surface area contributed by atoms with E-state index in [1.807, 2.05) is 0 Å². The Labute approximate surface area is 113 Å². The smallest absolute Gasteiger partial charge is 0.412 e. The molecule has 1 rings (SSSR count). The predicted octanol–water partition coefficient (Wildman–Crippen LogP) is 3.21. The van der Waals surface area contributed by atoms with Gasteiger partial charge in [-0.3, -0.25) is 5.32 Å². The number of hydrogen-bond acceptors (Lipinski definition) is 4. The lowest BCUT2D eigenvalue weighted by atomic mass is 10.1. The maximum Gasteiger partial charge on any atom is 0.412 e. The number of phenolic OH excluding ortho intramolecular Hbond substituents is 1. The molecule has 0 fully saturated rings. The van der Waals surface area contributed by atoms with Crippen molar-refractivity contribution in [3.63, 3.8) is 0 Å². The average molecular weight is 269 g/mol. The molecule has 5 heteroatoms. The summed E-state index contributed by atoms with van der Waals surface area (Å²) in [5, 5.41) is 12.3. The van der Waals surface area contributed by atoms with E-state index < -0.39 is 11.7 Å². The fourth-order valence-corrected chi connectivity index (χ4v) is 1.64. The van der Waals surface area contributed by atoms with Crippen molar-refractivity contribution in [1.29, 1.82) is 0 Å². The van der Waals surface area contributed by atoms with Gasteiger partial charge in [0.1, 0.15) is 11.4 Å². The second-order valence-electron chi connectivity index (χ2n) is 4.94. The molecule has 0 aliphatic rings. The largest absolute Gasteiger partial charge is 0.508 e. The fourth-order valence-electron chi connectivity index (χ4n) is 1.39. The number of phenols is 1. The van der Waals surface area contributed by atoms with Crippen molar-refractivity contribution in [2.45, 2.75) is 32.8 Å². The van der Waals surface area contributed by atoms with Gasteiger partial charge in [0.05, 0.1) is 0 Å². The molecule has 0 spiro atoms. The number of hydrogen-bond donors (Lipinski definition) is 3. The summed E-state index contributed by atoms with van der Waals surface area (Å²) in [6, 6.07) is 4.99. The minimum atomic E-state index is -0.544. The molecule has 0 radical (unpaired) electrons. The molecule has 0 atom stereocenters.